The molecule has 1 aromatic rings. The lowest BCUT2D eigenvalue weighted by Crippen LogP contribution is -2.51. The van der Waals surface area contributed by atoms with E-state index in [1.165, 1.54) is 0 Å². The summed E-state index contributed by atoms with van der Waals surface area (Å²) in [5.74, 6) is -0.108. The molecule has 0 saturated heterocycles. The van der Waals surface area contributed by atoms with E-state index in [1.807, 2.05) is 39.0 Å². The lowest BCUT2D eigenvalue weighted by Gasteiger charge is -2.22. The number of aryl methyl sites for hydroxylation is 1. The Morgan fingerprint density at radius 3 is 2.33 bits per heavy atom. The zero-order chi connectivity index (χ0) is 16.0. The molecule has 0 heterocycles. The van der Waals surface area contributed by atoms with E-state index < -0.39 is 6.04 Å². The Hall–Kier alpha value is -1.88. The Balaban J connectivity index is 2.83. The third kappa shape index (κ3) is 5.55. The fourth-order valence-corrected chi connectivity index (χ4v) is 2.06. The van der Waals surface area contributed by atoms with E-state index in [2.05, 4.69) is 10.7 Å². The van der Waals surface area contributed by atoms with Crippen molar-refractivity contribution >= 4 is 11.8 Å². The van der Waals surface area contributed by atoms with Gasteiger partial charge in [-0.15, -0.1) is 0 Å². The molecule has 1 atom stereocenters. The van der Waals surface area contributed by atoms with Gasteiger partial charge < -0.3 is 5.32 Å². The second-order valence-corrected chi connectivity index (χ2v) is 5.84. The van der Waals surface area contributed by atoms with Gasteiger partial charge in [0.1, 0.15) is 6.04 Å². The highest BCUT2D eigenvalue weighted by Gasteiger charge is 2.23. The molecule has 0 aliphatic heterocycles. The van der Waals surface area contributed by atoms with Crippen LogP contribution in [0.3, 0.4) is 0 Å². The van der Waals surface area contributed by atoms with Crippen molar-refractivity contribution in [1.29, 1.82) is 0 Å². The van der Waals surface area contributed by atoms with Crippen LogP contribution in [0.4, 0.5) is 0 Å². The van der Waals surface area contributed by atoms with Crippen LogP contribution in [0, 0.1) is 12.8 Å². The van der Waals surface area contributed by atoms with E-state index >= 15 is 0 Å². The summed E-state index contributed by atoms with van der Waals surface area (Å²) in [6, 6.07) is 6.81. The van der Waals surface area contributed by atoms with Crippen molar-refractivity contribution < 1.29 is 9.59 Å². The number of hydrogen-bond acceptors (Lipinski definition) is 3. The molecule has 1 aromatic carbocycles. The first-order chi connectivity index (χ1) is 9.81. The van der Waals surface area contributed by atoms with Crippen molar-refractivity contribution in [3.63, 3.8) is 0 Å². The Bertz CT molecular complexity index is 498. The number of rotatable bonds is 6. The average molecular weight is 291 g/mol. The summed E-state index contributed by atoms with van der Waals surface area (Å²) in [5, 5.41) is 4.41. The molecule has 2 N–H and O–H groups in total. The minimum Gasteiger partial charge on any atom is -0.340 e. The number of hydrazine groups is 1. The fraction of sp³-hybridized carbons (Fsp3) is 0.500. The maximum absolute atomic E-state index is 12.3. The Morgan fingerprint density at radius 1 is 1.19 bits per heavy atom. The van der Waals surface area contributed by atoms with Crippen LogP contribution in [0.25, 0.3) is 0 Å². The monoisotopic (exact) mass is 291 g/mol. The molecule has 2 amide bonds. The molecule has 0 spiro atoms. The second kappa shape index (κ2) is 7.78. The lowest BCUT2D eigenvalue weighted by atomic mass is 10.0. The van der Waals surface area contributed by atoms with Gasteiger partial charge in [-0.1, -0.05) is 32.0 Å². The lowest BCUT2D eigenvalue weighted by molar-refractivity contribution is -0.127. The normalized spacial score (nSPS) is 12.3. The molecule has 0 radical (unpaired) electrons. The van der Waals surface area contributed by atoms with Crippen LogP contribution in [0.2, 0.25) is 0 Å². The van der Waals surface area contributed by atoms with Gasteiger partial charge in [-0.3, -0.25) is 15.0 Å². The minimum atomic E-state index is -0.542. The predicted octanol–water partition coefficient (Wildman–Crippen LogP) is 1.73. The standard InChI is InChI=1S/C16H25N3O2/c1-11(2)10-14(16(21)18-19(4)5)17-15(20)13-9-7-6-8-12(13)3/h6-9,11,14H,10H2,1-5H3,(H,17,20)(H,18,21)/t14-/m0/s1. The van der Waals surface area contributed by atoms with Crippen molar-refractivity contribution in [2.75, 3.05) is 14.1 Å². The quantitative estimate of drug-likeness (QED) is 0.785. The smallest absolute Gasteiger partial charge is 0.256 e. The van der Waals surface area contributed by atoms with Crippen LogP contribution in [-0.4, -0.2) is 37.0 Å². The van der Waals surface area contributed by atoms with Gasteiger partial charge in [0.05, 0.1) is 0 Å². The fourth-order valence-electron chi connectivity index (χ4n) is 2.06. The number of carbonyl (C=O) groups excluding carboxylic acids is 2. The molecule has 5 heteroatoms. The van der Waals surface area contributed by atoms with E-state index in [4.69, 9.17) is 0 Å². The molecular weight excluding hydrogens is 266 g/mol. The maximum Gasteiger partial charge on any atom is 0.256 e. The largest absolute Gasteiger partial charge is 0.340 e. The summed E-state index contributed by atoms with van der Waals surface area (Å²) in [4.78, 5) is 24.5. The van der Waals surface area contributed by atoms with Gasteiger partial charge in [0, 0.05) is 19.7 Å². The van der Waals surface area contributed by atoms with Gasteiger partial charge in [0.15, 0.2) is 0 Å². The van der Waals surface area contributed by atoms with Crippen molar-refractivity contribution in [3.8, 4) is 0 Å². The van der Waals surface area contributed by atoms with E-state index in [-0.39, 0.29) is 11.8 Å². The van der Waals surface area contributed by atoms with Crippen molar-refractivity contribution in [3.05, 3.63) is 35.4 Å². The molecule has 0 aliphatic rings. The maximum atomic E-state index is 12.3. The van der Waals surface area contributed by atoms with Gasteiger partial charge in [0.25, 0.3) is 11.8 Å². The van der Waals surface area contributed by atoms with E-state index in [1.54, 1.807) is 25.2 Å². The van der Waals surface area contributed by atoms with Gasteiger partial charge in [-0.05, 0) is 30.9 Å². The molecule has 0 saturated carbocycles. The van der Waals surface area contributed by atoms with Crippen molar-refractivity contribution in [2.24, 2.45) is 5.92 Å². The first-order valence-electron chi connectivity index (χ1n) is 7.15. The molecule has 0 unspecified atom stereocenters. The zero-order valence-corrected chi connectivity index (χ0v) is 13.4. The molecule has 5 nitrogen and oxygen atoms in total. The van der Waals surface area contributed by atoms with E-state index in [0.717, 1.165) is 5.56 Å². The van der Waals surface area contributed by atoms with Gasteiger partial charge in [0.2, 0.25) is 0 Å². The third-order valence-corrected chi connectivity index (χ3v) is 3.05. The number of amides is 2. The molecule has 0 fully saturated rings. The number of nitrogens with one attached hydrogen (secondary N) is 2. The van der Waals surface area contributed by atoms with Crippen LogP contribution in [-0.2, 0) is 4.79 Å². The van der Waals surface area contributed by atoms with Crippen LogP contribution >= 0.6 is 0 Å². The Labute approximate surface area is 126 Å². The summed E-state index contributed by atoms with van der Waals surface area (Å²) >= 11 is 0. The van der Waals surface area contributed by atoms with Gasteiger partial charge in [-0.25, -0.2) is 5.01 Å². The molecule has 0 bridgehead atoms. The van der Waals surface area contributed by atoms with E-state index in [9.17, 15) is 9.59 Å². The number of nitrogens with zero attached hydrogens (tertiary/aromatic N) is 1. The molecule has 0 aliphatic carbocycles. The topological polar surface area (TPSA) is 61.4 Å². The first kappa shape index (κ1) is 17.2. The first-order valence-corrected chi connectivity index (χ1v) is 7.15. The zero-order valence-electron chi connectivity index (χ0n) is 13.4. The van der Waals surface area contributed by atoms with Crippen LogP contribution in [0.5, 0.6) is 0 Å². The molecule has 0 aromatic heterocycles. The Kier molecular flexibility index (Phi) is 6.37. The molecule has 21 heavy (non-hydrogen) atoms. The second-order valence-electron chi connectivity index (χ2n) is 5.84. The highest BCUT2D eigenvalue weighted by atomic mass is 16.2. The highest BCUT2D eigenvalue weighted by molar-refractivity contribution is 5.98. The summed E-state index contributed by atoms with van der Waals surface area (Å²) < 4.78 is 0. The SMILES string of the molecule is Cc1ccccc1C(=O)N[C@@H](CC(C)C)C(=O)NN(C)C. The average Bonchev–Trinajstić information content (AvgIpc) is 2.36. The molecular formula is C16H25N3O2. The van der Waals surface area contributed by atoms with Crippen molar-refractivity contribution in [1.82, 2.24) is 15.8 Å². The third-order valence-electron chi connectivity index (χ3n) is 3.05. The molecule has 1 rings (SSSR count). The summed E-state index contributed by atoms with van der Waals surface area (Å²) in [5.41, 5.74) is 4.19. The summed E-state index contributed by atoms with van der Waals surface area (Å²) in [6.07, 6.45) is 0.595. The summed E-state index contributed by atoms with van der Waals surface area (Å²) in [7, 11) is 3.49. The number of hydrogen-bond donors (Lipinski definition) is 2. The highest BCUT2D eigenvalue weighted by Crippen LogP contribution is 2.10. The predicted molar refractivity (Wildman–Crippen MR) is 83.7 cm³/mol. The van der Waals surface area contributed by atoms with Gasteiger partial charge >= 0.3 is 0 Å². The van der Waals surface area contributed by atoms with Crippen LogP contribution < -0.4 is 10.7 Å². The minimum absolute atomic E-state index is 0.198. The Morgan fingerprint density at radius 2 is 1.81 bits per heavy atom. The van der Waals surface area contributed by atoms with Gasteiger partial charge in [-0.2, -0.15) is 0 Å². The summed E-state index contributed by atoms with van der Waals surface area (Å²) in [6.45, 7) is 5.93. The van der Waals surface area contributed by atoms with E-state index in [0.29, 0.717) is 17.9 Å². The van der Waals surface area contributed by atoms with Crippen LogP contribution in [0.1, 0.15) is 36.2 Å². The number of benzene rings is 1. The number of carbonyl (C=O) groups is 2. The van der Waals surface area contributed by atoms with Crippen LogP contribution in [0.15, 0.2) is 24.3 Å². The van der Waals surface area contributed by atoms with Crippen molar-refractivity contribution in [2.45, 2.75) is 33.2 Å². The molecule has 116 valence electrons.